The Bertz CT molecular complexity index is 1190. The highest BCUT2D eigenvalue weighted by molar-refractivity contribution is 5.89. The highest BCUT2D eigenvalue weighted by atomic mass is 16.5. The van der Waals surface area contributed by atoms with Crippen LogP contribution in [-0.2, 0) is 19.1 Å². The zero-order valence-corrected chi connectivity index (χ0v) is 30.8. The van der Waals surface area contributed by atoms with Gasteiger partial charge in [-0.25, -0.2) is 0 Å². The second-order valence-electron chi connectivity index (χ2n) is 19.2. The van der Waals surface area contributed by atoms with Crippen LogP contribution < -0.4 is 5.32 Å². The maximum Gasteiger partial charge on any atom is 0.311 e. The van der Waals surface area contributed by atoms with Gasteiger partial charge in [-0.3, -0.25) is 14.4 Å². The zero-order valence-electron chi connectivity index (χ0n) is 30.8. The predicted molar refractivity (Wildman–Crippen MR) is 184 cm³/mol. The molecule has 260 valence electrons. The Labute approximate surface area is 280 Å². The lowest BCUT2D eigenvalue weighted by molar-refractivity contribution is -0.171. The van der Waals surface area contributed by atoms with Crippen LogP contribution in [0.2, 0.25) is 0 Å². The van der Waals surface area contributed by atoms with Gasteiger partial charge >= 0.3 is 5.97 Å². The molecule has 0 aromatic rings. The Morgan fingerprint density at radius 3 is 2.30 bits per heavy atom. The van der Waals surface area contributed by atoms with Crippen molar-refractivity contribution in [1.29, 1.82) is 0 Å². The van der Waals surface area contributed by atoms with Crippen molar-refractivity contribution in [2.24, 2.45) is 68.5 Å². The van der Waals surface area contributed by atoms with Crippen LogP contribution in [0.25, 0.3) is 0 Å². The minimum atomic E-state index is -0.389. The summed E-state index contributed by atoms with van der Waals surface area (Å²) in [5.41, 5.74) is 0.254. The molecule has 6 aliphatic carbocycles. The van der Waals surface area contributed by atoms with E-state index in [1.54, 1.807) is 0 Å². The molecule has 0 heterocycles. The molecule has 0 saturated heterocycles. The number of ketones is 1. The summed E-state index contributed by atoms with van der Waals surface area (Å²) in [6.45, 7) is 19.0. The first-order valence-corrected chi connectivity index (χ1v) is 19.6. The van der Waals surface area contributed by atoms with Crippen LogP contribution >= 0.6 is 0 Å². The molecule has 46 heavy (non-hydrogen) atoms. The van der Waals surface area contributed by atoms with Crippen LogP contribution in [0.4, 0.5) is 0 Å². The van der Waals surface area contributed by atoms with Crippen molar-refractivity contribution in [2.75, 3.05) is 6.54 Å². The number of Topliss-reactive ketones (excluding diaryl/α,β-unsaturated/α-hetero) is 1. The summed E-state index contributed by atoms with van der Waals surface area (Å²) in [6, 6.07) is 0. The molecule has 5 nitrogen and oxygen atoms in total. The summed E-state index contributed by atoms with van der Waals surface area (Å²) < 4.78 is 6.13. The molecule has 0 aliphatic heterocycles. The summed E-state index contributed by atoms with van der Waals surface area (Å²) in [5.74, 6) is 5.54. The van der Waals surface area contributed by atoms with Gasteiger partial charge in [0.05, 0.1) is 5.41 Å². The second-order valence-corrected chi connectivity index (χ2v) is 19.2. The van der Waals surface area contributed by atoms with Crippen LogP contribution in [0.1, 0.15) is 158 Å². The summed E-state index contributed by atoms with van der Waals surface area (Å²) in [6.07, 6.45) is 17.5. The largest absolute Gasteiger partial charge is 0.462 e. The topological polar surface area (TPSA) is 72.5 Å². The molecule has 6 fully saturated rings. The Balaban J connectivity index is 1.00. The Morgan fingerprint density at radius 2 is 1.63 bits per heavy atom. The normalized spacial score (nSPS) is 43.4. The fourth-order valence-corrected chi connectivity index (χ4v) is 13.2. The molecular weight excluding hydrogens is 570 g/mol. The fourth-order valence-electron chi connectivity index (χ4n) is 13.2. The van der Waals surface area contributed by atoms with Gasteiger partial charge in [0.25, 0.3) is 0 Å². The molecule has 11 unspecified atom stereocenters. The van der Waals surface area contributed by atoms with Crippen LogP contribution in [0.3, 0.4) is 0 Å². The van der Waals surface area contributed by atoms with Gasteiger partial charge in [0, 0.05) is 24.8 Å². The van der Waals surface area contributed by atoms with Crippen molar-refractivity contribution in [3.63, 3.8) is 0 Å². The van der Waals surface area contributed by atoms with Crippen molar-refractivity contribution in [2.45, 2.75) is 164 Å². The first kappa shape index (κ1) is 34.5. The molecule has 6 aliphatic rings. The number of amides is 1. The Morgan fingerprint density at radius 1 is 0.913 bits per heavy atom. The van der Waals surface area contributed by atoms with E-state index < -0.39 is 0 Å². The van der Waals surface area contributed by atoms with Gasteiger partial charge in [0.2, 0.25) is 5.91 Å². The van der Waals surface area contributed by atoms with Crippen molar-refractivity contribution in [1.82, 2.24) is 5.32 Å². The number of carbonyl (C=O) groups excluding carboxylic acids is 3. The molecule has 11 atom stereocenters. The summed E-state index contributed by atoms with van der Waals surface area (Å²) >= 11 is 0. The van der Waals surface area contributed by atoms with E-state index in [9.17, 15) is 14.4 Å². The van der Waals surface area contributed by atoms with Crippen molar-refractivity contribution in [3.8, 4) is 0 Å². The van der Waals surface area contributed by atoms with E-state index in [0.29, 0.717) is 53.3 Å². The number of nitrogens with one attached hydrogen (secondary N) is 1. The Hall–Kier alpha value is -1.39. The predicted octanol–water partition coefficient (Wildman–Crippen LogP) is 9.31. The first-order chi connectivity index (χ1) is 21.6. The molecule has 2 bridgehead atoms. The molecule has 5 heteroatoms. The molecule has 0 radical (unpaired) electrons. The van der Waals surface area contributed by atoms with E-state index in [4.69, 9.17) is 4.74 Å². The van der Waals surface area contributed by atoms with E-state index in [1.807, 2.05) is 13.8 Å². The van der Waals surface area contributed by atoms with Gasteiger partial charge in [-0.1, -0.05) is 41.5 Å². The molecule has 0 spiro atoms. The number of ether oxygens (including phenoxy) is 1. The smallest absolute Gasteiger partial charge is 0.311 e. The van der Waals surface area contributed by atoms with Crippen LogP contribution in [0.15, 0.2) is 0 Å². The molecule has 6 saturated carbocycles. The van der Waals surface area contributed by atoms with E-state index in [-0.39, 0.29) is 34.2 Å². The van der Waals surface area contributed by atoms with Gasteiger partial charge < -0.3 is 10.1 Å². The number of hydrogen-bond acceptors (Lipinski definition) is 4. The van der Waals surface area contributed by atoms with E-state index in [1.165, 1.54) is 51.4 Å². The van der Waals surface area contributed by atoms with E-state index in [2.05, 4.69) is 46.9 Å². The summed E-state index contributed by atoms with van der Waals surface area (Å²) in [7, 11) is 0. The Kier molecular flexibility index (Phi) is 9.13. The third-order valence-corrected chi connectivity index (χ3v) is 16.9. The van der Waals surface area contributed by atoms with E-state index in [0.717, 1.165) is 62.7 Å². The minimum Gasteiger partial charge on any atom is -0.462 e. The zero-order chi connectivity index (χ0) is 33.3. The standard InChI is InChI=1S/C41H67NO4/c1-9-37(3,4)36(45)46-29-17-19-39(7)28(24-29)11-12-30-32-14-13-31(40(32,8)20-18-33(30)39)26(2)10-15-35(44)42-23-22-41-21-16-27(25-34(41)43)38(41,5)6/h26-33H,9-25H2,1-8H3,(H,42,44). The molecule has 1 amide bonds. The molecule has 0 aromatic heterocycles. The number of hydrogen-bond donors (Lipinski definition) is 1. The van der Waals surface area contributed by atoms with Gasteiger partial charge in [-0.2, -0.15) is 0 Å². The van der Waals surface area contributed by atoms with Crippen molar-refractivity contribution < 1.29 is 19.1 Å². The third kappa shape index (κ3) is 5.43. The van der Waals surface area contributed by atoms with E-state index >= 15 is 0 Å². The number of fused-ring (bicyclic) bond motifs is 7. The lowest BCUT2D eigenvalue weighted by Crippen LogP contribution is -2.54. The molecular formula is C41H67NO4. The van der Waals surface area contributed by atoms with Crippen molar-refractivity contribution >= 4 is 17.7 Å². The highest BCUT2D eigenvalue weighted by Gasteiger charge is 2.64. The van der Waals surface area contributed by atoms with Crippen molar-refractivity contribution in [3.05, 3.63) is 0 Å². The lowest BCUT2D eigenvalue weighted by Gasteiger charge is -2.61. The quantitative estimate of drug-likeness (QED) is 0.242. The summed E-state index contributed by atoms with van der Waals surface area (Å²) in [4.78, 5) is 38.8. The molecule has 1 N–H and O–H groups in total. The van der Waals surface area contributed by atoms with Gasteiger partial charge in [0.15, 0.2) is 0 Å². The third-order valence-electron chi connectivity index (χ3n) is 16.9. The SMILES string of the molecule is CCC(C)(C)C(=O)OC1CCC2(C)C(CCC3C2CCC2(C)C(C(C)CCC(=O)NCCC45CCC(CC4=O)C5(C)C)CCC32)C1. The monoisotopic (exact) mass is 638 g/mol. The first-order valence-electron chi connectivity index (χ1n) is 19.6. The minimum absolute atomic E-state index is 0.00885. The number of esters is 1. The number of rotatable bonds is 10. The average molecular weight is 638 g/mol. The van der Waals surface area contributed by atoms with Crippen LogP contribution in [0, 0.1) is 68.5 Å². The van der Waals surface area contributed by atoms with Crippen LogP contribution in [0.5, 0.6) is 0 Å². The number of carbonyl (C=O) groups is 3. The van der Waals surface area contributed by atoms with Gasteiger partial charge in [-0.05, 0) is 161 Å². The lowest BCUT2D eigenvalue weighted by atomic mass is 9.44. The maximum absolute atomic E-state index is 13.0. The summed E-state index contributed by atoms with van der Waals surface area (Å²) in [5, 5.41) is 3.23. The molecule has 0 aromatic carbocycles. The van der Waals surface area contributed by atoms with Crippen LogP contribution in [-0.4, -0.2) is 30.3 Å². The van der Waals surface area contributed by atoms with Gasteiger partial charge in [-0.15, -0.1) is 0 Å². The second kappa shape index (κ2) is 12.2. The fraction of sp³-hybridized carbons (Fsp3) is 0.927. The average Bonchev–Trinajstić information content (AvgIpc) is 3.55. The van der Waals surface area contributed by atoms with Gasteiger partial charge in [0.1, 0.15) is 11.9 Å². The maximum atomic E-state index is 13.0. The highest BCUT2D eigenvalue weighted by Crippen LogP contribution is 2.69. The molecule has 6 rings (SSSR count).